The molecule has 12 heavy (non-hydrogen) atoms. The minimum atomic E-state index is -0.697. The fraction of sp³-hybridized carbons (Fsp3) is 0.714. The summed E-state index contributed by atoms with van der Waals surface area (Å²) in [6, 6.07) is 0. The van der Waals surface area contributed by atoms with Gasteiger partial charge in [-0.25, -0.2) is 0 Å². The zero-order chi connectivity index (χ0) is 9.40. The molecule has 5 heteroatoms. The van der Waals surface area contributed by atoms with E-state index in [9.17, 15) is 9.59 Å². The Hall–Kier alpha value is -1.10. The van der Waals surface area contributed by atoms with Gasteiger partial charge >= 0.3 is 11.8 Å². The number of amides is 2. The van der Waals surface area contributed by atoms with E-state index >= 15 is 0 Å². The molecular formula is C7H14N2O3. The molecule has 0 rings (SSSR count). The fourth-order valence-corrected chi connectivity index (χ4v) is 0.569. The monoisotopic (exact) mass is 174 g/mol. The van der Waals surface area contributed by atoms with E-state index in [1.165, 1.54) is 0 Å². The van der Waals surface area contributed by atoms with Gasteiger partial charge in [-0.3, -0.25) is 9.59 Å². The van der Waals surface area contributed by atoms with Crippen molar-refractivity contribution >= 4 is 11.8 Å². The van der Waals surface area contributed by atoms with Crippen molar-refractivity contribution in [2.75, 3.05) is 19.7 Å². The molecule has 0 aliphatic heterocycles. The van der Waals surface area contributed by atoms with Gasteiger partial charge in [0, 0.05) is 13.1 Å². The van der Waals surface area contributed by atoms with Crippen LogP contribution >= 0.6 is 0 Å². The summed E-state index contributed by atoms with van der Waals surface area (Å²) >= 11 is 0. The summed E-state index contributed by atoms with van der Waals surface area (Å²) in [5.41, 5.74) is 0. The Labute approximate surface area is 71.1 Å². The molecule has 0 saturated carbocycles. The summed E-state index contributed by atoms with van der Waals surface area (Å²) < 4.78 is 0. The molecule has 0 spiro atoms. The van der Waals surface area contributed by atoms with Crippen molar-refractivity contribution < 1.29 is 14.7 Å². The van der Waals surface area contributed by atoms with E-state index in [2.05, 4.69) is 10.6 Å². The van der Waals surface area contributed by atoms with Crippen molar-refractivity contribution in [3.8, 4) is 0 Å². The minimum Gasteiger partial charge on any atom is -0.395 e. The van der Waals surface area contributed by atoms with Gasteiger partial charge in [0.15, 0.2) is 0 Å². The van der Waals surface area contributed by atoms with Gasteiger partial charge in [-0.2, -0.15) is 0 Å². The second kappa shape index (κ2) is 6.60. The molecule has 0 aromatic rings. The number of hydrogen-bond donors (Lipinski definition) is 3. The van der Waals surface area contributed by atoms with Crippen molar-refractivity contribution in [3.05, 3.63) is 0 Å². The van der Waals surface area contributed by atoms with Crippen molar-refractivity contribution in [1.29, 1.82) is 0 Å². The molecule has 0 fully saturated rings. The Morgan fingerprint density at radius 1 is 1.17 bits per heavy atom. The van der Waals surface area contributed by atoms with Crippen LogP contribution in [0.15, 0.2) is 0 Å². The normalized spacial score (nSPS) is 9.17. The molecule has 2 amide bonds. The van der Waals surface area contributed by atoms with E-state index in [-0.39, 0.29) is 13.2 Å². The maximum Gasteiger partial charge on any atom is 0.309 e. The Morgan fingerprint density at radius 3 is 2.08 bits per heavy atom. The lowest BCUT2D eigenvalue weighted by atomic mass is 10.4. The zero-order valence-corrected chi connectivity index (χ0v) is 7.09. The first-order valence-corrected chi connectivity index (χ1v) is 3.89. The van der Waals surface area contributed by atoms with Crippen molar-refractivity contribution in [1.82, 2.24) is 10.6 Å². The van der Waals surface area contributed by atoms with Gasteiger partial charge in [-0.1, -0.05) is 6.92 Å². The first kappa shape index (κ1) is 10.9. The maximum absolute atomic E-state index is 10.8. The Balaban J connectivity index is 3.55. The van der Waals surface area contributed by atoms with Crippen molar-refractivity contribution in [2.24, 2.45) is 0 Å². The number of rotatable bonds is 4. The number of carbonyl (C=O) groups excluding carboxylic acids is 2. The summed E-state index contributed by atoms with van der Waals surface area (Å²) in [6.07, 6.45) is 0.791. The lowest BCUT2D eigenvalue weighted by Gasteiger charge is -2.02. The smallest absolute Gasteiger partial charge is 0.309 e. The van der Waals surface area contributed by atoms with E-state index in [4.69, 9.17) is 5.11 Å². The van der Waals surface area contributed by atoms with Gasteiger partial charge in [0.05, 0.1) is 6.61 Å². The molecule has 0 atom stereocenters. The second-order valence-corrected chi connectivity index (χ2v) is 2.24. The first-order valence-electron chi connectivity index (χ1n) is 3.89. The van der Waals surface area contributed by atoms with Gasteiger partial charge in [-0.05, 0) is 6.42 Å². The molecule has 3 N–H and O–H groups in total. The average molecular weight is 174 g/mol. The van der Waals surface area contributed by atoms with E-state index in [1.807, 2.05) is 6.92 Å². The molecular weight excluding hydrogens is 160 g/mol. The summed E-state index contributed by atoms with van der Waals surface area (Å²) in [5, 5.41) is 13.0. The van der Waals surface area contributed by atoms with Crippen LogP contribution in [0.1, 0.15) is 13.3 Å². The quantitative estimate of drug-likeness (QED) is 0.460. The number of aliphatic hydroxyl groups excluding tert-OH is 1. The molecule has 0 aliphatic carbocycles. The molecule has 0 radical (unpaired) electrons. The molecule has 0 bridgehead atoms. The lowest BCUT2D eigenvalue weighted by molar-refractivity contribution is -0.139. The van der Waals surface area contributed by atoms with Crippen LogP contribution in [0.2, 0.25) is 0 Å². The van der Waals surface area contributed by atoms with E-state index in [0.717, 1.165) is 6.42 Å². The van der Waals surface area contributed by atoms with Crippen LogP contribution in [0.25, 0.3) is 0 Å². The Kier molecular flexibility index (Phi) is 6.00. The lowest BCUT2D eigenvalue weighted by Crippen LogP contribution is -2.41. The van der Waals surface area contributed by atoms with Crippen LogP contribution in [0.4, 0.5) is 0 Å². The minimum absolute atomic E-state index is 0.110. The van der Waals surface area contributed by atoms with Crippen LogP contribution in [0.3, 0.4) is 0 Å². The van der Waals surface area contributed by atoms with Crippen LogP contribution in [0, 0.1) is 0 Å². The van der Waals surface area contributed by atoms with E-state index in [1.54, 1.807) is 0 Å². The summed E-state index contributed by atoms with van der Waals surface area (Å²) in [7, 11) is 0. The third kappa shape index (κ3) is 4.68. The largest absolute Gasteiger partial charge is 0.395 e. The third-order valence-corrected chi connectivity index (χ3v) is 1.14. The number of carbonyl (C=O) groups is 2. The highest BCUT2D eigenvalue weighted by Crippen LogP contribution is 1.72. The summed E-state index contributed by atoms with van der Waals surface area (Å²) in [5.74, 6) is -1.34. The molecule has 70 valence electrons. The van der Waals surface area contributed by atoms with Crippen molar-refractivity contribution in [2.45, 2.75) is 13.3 Å². The molecule has 0 unspecified atom stereocenters. The van der Waals surface area contributed by atoms with E-state index < -0.39 is 11.8 Å². The molecule has 0 aliphatic rings. The maximum atomic E-state index is 10.8. The fourth-order valence-electron chi connectivity index (χ4n) is 0.569. The highest BCUT2D eigenvalue weighted by Gasteiger charge is 2.10. The molecule has 0 saturated heterocycles. The summed E-state index contributed by atoms with van der Waals surface area (Å²) in [4.78, 5) is 21.6. The summed E-state index contributed by atoms with van der Waals surface area (Å²) in [6.45, 7) is 2.34. The predicted octanol–water partition coefficient (Wildman–Crippen LogP) is -1.38. The molecule has 0 heterocycles. The zero-order valence-electron chi connectivity index (χ0n) is 7.09. The molecule has 5 nitrogen and oxygen atoms in total. The van der Waals surface area contributed by atoms with Gasteiger partial charge in [0.1, 0.15) is 0 Å². The number of aliphatic hydroxyl groups is 1. The van der Waals surface area contributed by atoms with E-state index in [0.29, 0.717) is 6.54 Å². The van der Waals surface area contributed by atoms with Gasteiger partial charge in [0.2, 0.25) is 0 Å². The van der Waals surface area contributed by atoms with Gasteiger partial charge in [-0.15, -0.1) is 0 Å². The standard InChI is InChI=1S/C7H14N2O3/c1-2-3-8-6(11)7(12)9-4-5-10/h10H,2-5H2,1H3,(H,8,11)(H,9,12). The predicted molar refractivity (Wildman–Crippen MR) is 43.4 cm³/mol. The topological polar surface area (TPSA) is 78.4 Å². The van der Waals surface area contributed by atoms with Crippen LogP contribution in [0.5, 0.6) is 0 Å². The van der Waals surface area contributed by atoms with Crippen LogP contribution in [-0.4, -0.2) is 36.6 Å². The van der Waals surface area contributed by atoms with Crippen LogP contribution < -0.4 is 10.6 Å². The number of nitrogens with one attached hydrogen (secondary N) is 2. The second-order valence-electron chi connectivity index (χ2n) is 2.24. The van der Waals surface area contributed by atoms with Gasteiger partial charge < -0.3 is 15.7 Å². The SMILES string of the molecule is CCCNC(=O)C(=O)NCCO. The molecule has 0 aromatic heterocycles. The Morgan fingerprint density at radius 2 is 1.67 bits per heavy atom. The van der Waals surface area contributed by atoms with Gasteiger partial charge in [0.25, 0.3) is 0 Å². The Bertz CT molecular complexity index is 141. The number of hydrogen-bond acceptors (Lipinski definition) is 3. The van der Waals surface area contributed by atoms with Crippen molar-refractivity contribution in [3.63, 3.8) is 0 Å². The molecule has 0 aromatic carbocycles. The highest BCUT2D eigenvalue weighted by atomic mass is 16.3. The third-order valence-electron chi connectivity index (χ3n) is 1.14. The highest BCUT2D eigenvalue weighted by molar-refractivity contribution is 6.35. The van der Waals surface area contributed by atoms with Crippen LogP contribution in [-0.2, 0) is 9.59 Å². The first-order chi connectivity index (χ1) is 5.72. The average Bonchev–Trinajstić information content (AvgIpc) is 2.10.